The molecule has 1 aliphatic heterocycles. The Morgan fingerprint density at radius 1 is 1.38 bits per heavy atom. The molecule has 1 aromatic carbocycles. The van der Waals surface area contributed by atoms with Gasteiger partial charge in [-0.25, -0.2) is 0 Å². The van der Waals surface area contributed by atoms with Crippen molar-refractivity contribution < 1.29 is 0 Å². The van der Waals surface area contributed by atoms with Crippen molar-refractivity contribution in [3.63, 3.8) is 0 Å². The molecule has 0 bridgehead atoms. The van der Waals surface area contributed by atoms with Gasteiger partial charge in [0.05, 0.1) is 0 Å². The minimum Gasteiger partial charge on any atom is -0.290 e. The van der Waals surface area contributed by atoms with Crippen LogP contribution >= 0.6 is 15.9 Å². The number of rotatable bonds is 3. The second-order valence-electron chi connectivity index (χ2n) is 3.97. The zero-order valence-electron chi connectivity index (χ0n) is 7.83. The van der Waals surface area contributed by atoms with Crippen LogP contribution in [0.2, 0.25) is 0 Å². The molecule has 0 N–H and O–H groups in total. The second-order valence-corrected chi connectivity index (χ2v) is 4.53. The molecule has 1 heterocycles. The van der Waals surface area contributed by atoms with E-state index in [0.717, 1.165) is 11.9 Å². The summed E-state index contributed by atoms with van der Waals surface area (Å²) < 4.78 is 0. The van der Waals surface area contributed by atoms with E-state index in [0.29, 0.717) is 5.54 Å². The Balaban J connectivity index is 1.95. The first-order valence-corrected chi connectivity index (χ1v) is 5.72. The molecule has 0 saturated carbocycles. The van der Waals surface area contributed by atoms with Crippen molar-refractivity contribution in [2.45, 2.75) is 19.0 Å². The quantitative estimate of drug-likeness (QED) is 0.579. The smallest absolute Gasteiger partial charge is 0.0409 e. The van der Waals surface area contributed by atoms with Gasteiger partial charge in [-0.15, -0.1) is 0 Å². The van der Waals surface area contributed by atoms with Crippen LogP contribution in [0.4, 0.5) is 0 Å². The van der Waals surface area contributed by atoms with Crippen LogP contribution in [0.3, 0.4) is 0 Å². The van der Waals surface area contributed by atoms with Crippen LogP contribution in [-0.4, -0.2) is 22.3 Å². The van der Waals surface area contributed by atoms with E-state index in [2.05, 4.69) is 58.1 Å². The Kier molecular flexibility index (Phi) is 2.43. The van der Waals surface area contributed by atoms with Gasteiger partial charge in [0.25, 0.3) is 0 Å². The van der Waals surface area contributed by atoms with Gasteiger partial charge in [0.1, 0.15) is 0 Å². The van der Waals surface area contributed by atoms with E-state index in [4.69, 9.17) is 0 Å². The first kappa shape index (κ1) is 9.22. The SMILES string of the molecule is CC1(CBr)CN1Cc1ccccc1. The summed E-state index contributed by atoms with van der Waals surface area (Å²) >= 11 is 3.54. The van der Waals surface area contributed by atoms with Gasteiger partial charge in [-0.05, 0) is 12.5 Å². The molecule has 1 aromatic rings. The topological polar surface area (TPSA) is 3.01 Å². The van der Waals surface area contributed by atoms with Gasteiger partial charge in [0.2, 0.25) is 0 Å². The number of alkyl halides is 1. The summed E-state index contributed by atoms with van der Waals surface area (Å²) in [7, 11) is 0. The summed E-state index contributed by atoms with van der Waals surface area (Å²) in [5.41, 5.74) is 1.82. The van der Waals surface area contributed by atoms with Gasteiger partial charge < -0.3 is 0 Å². The predicted molar refractivity (Wildman–Crippen MR) is 59.1 cm³/mol. The van der Waals surface area contributed by atoms with Gasteiger partial charge >= 0.3 is 0 Å². The monoisotopic (exact) mass is 239 g/mol. The first-order valence-electron chi connectivity index (χ1n) is 4.59. The number of benzene rings is 1. The highest BCUT2D eigenvalue weighted by Crippen LogP contribution is 2.34. The maximum absolute atomic E-state index is 3.54. The minimum absolute atomic E-state index is 0.413. The van der Waals surface area contributed by atoms with Crippen molar-refractivity contribution in [2.75, 3.05) is 11.9 Å². The fourth-order valence-electron chi connectivity index (χ4n) is 1.55. The van der Waals surface area contributed by atoms with Crippen molar-refractivity contribution in [1.82, 2.24) is 4.90 Å². The molecule has 2 heteroatoms. The molecule has 13 heavy (non-hydrogen) atoms. The number of hydrogen-bond acceptors (Lipinski definition) is 1. The third-order valence-electron chi connectivity index (χ3n) is 2.70. The second kappa shape index (κ2) is 3.43. The molecule has 0 radical (unpaired) electrons. The lowest BCUT2D eigenvalue weighted by atomic mass is 10.2. The molecule has 2 unspecified atom stereocenters. The summed E-state index contributed by atoms with van der Waals surface area (Å²) in [6.07, 6.45) is 0. The number of halogens is 1. The average Bonchev–Trinajstić information content (AvgIpc) is 2.80. The van der Waals surface area contributed by atoms with Crippen LogP contribution in [0.15, 0.2) is 30.3 Å². The minimum atomic E-state index is 0.413. The molecule has 1 fully saturated rings. The summed E-state index contributed by atoms with van der Waals surface area (Å²) in [6, 6.07) is 10.6. The van der Waals surface area contributed by atoms with Crippen LogP contribution < -0.4 is 0 Å². The molecule has 1 aliphatic rings. The van der Waals surface area contributed by atoms with Gasteiger partial charge in [-0.3, -0.25) is 4.90 Å². The van der Waals surface area contributed by atoms with Crippen LogP contribution in [0, 0.1) is 0 Å². The Morgan fingerprint density at radius 2 is 2.08 bits per heavy atom. The molecular weight excluding hydrogens is 226 g/mol. The van der Waals surface area contributed by atoms with Crippen LogP contribution in [0.5, 0.6) is 0 Å². The van der Waals surface area contributed by atoms with E-state index < -0.39 is 0 Å². The maximum atomic E-state index is 3.54. The lowest BCUT2D eigenvalue weighted by Crippen LogP contribution is -2.15. The Labute approximate surface area is 87.9 Å². The summed E-state index contributed by atoms with van der Waals surface area (Å²) in [5.74, 6) is 0. The third-order valence-corrected chi connectivity index (χ3v) is 3.90. The van der Waals surface area contributed by atoms with Crippen molar-refractivity contribution in [3.05, 3.63) is 35.9 Å². The molecule has 70 valence electrons. The molecule has 2 atom stereocenters. The highest BCUT2D eigenvalue weighted by Gasteiger charge is 2.45. The van der Waals surface area contributed by atoms with Crippen LogP contribution in [-0.2, 0) is 6.54 Å². The molecule has 0 spiro atoms. The highest BCUT2D eigenvalue weighted by molar-refractivity contribution is 9.09. The van der Waals surface area contributed by atoms with Crippen molar-refractivity contribution in [1.29, 1.82) is 0 Å². The van der Waals surface area contributed by atoms with Gasteiger partial charge in [-0.1, -0.05) is 46.3 Å². The normalized spacial score (nSPS) is 31.7. The zero-order valence-corrected chi connectivity index (χ0v) is 9.42. The molecular formula is C11H14BrN. The first-order chi connectivity index (χ1) is 6.24. The molecule has 0 aliphatic carbocycles. The van der Waals surface area contributed by atoms with Gasteiger partial charge in [0, 0.05) is 24.0 Å². The lowest BCUT2D eigenvalue weighted by Gasteiger charge is -2.08. The van der Waals surface area contributed by atoms with E-state index in [1.165, 1.54) is 12.1 Å². The highest BCUT2D eigenvalue weighted by atomic mass is 79.9. The number of nitrogens with zero attached hydrogens (tertiary/aromatic N) is 1. The molecule has 2 rings (SSSR count). The zero-order chi connectivity index (χ0) is 9.31. The fraction of sp³-hybridized carbons (Fsp3) is 0.455. The predicted octanol–water partition coefficient (Wildman–Crippen LogP) is 2.66. The molecule has 1 nitrogen and oxygen atoms in total. The van der Waals surface area contributed by atoms with Crippen molar-refractivity contribution in [3.8, 4) is 0 Å². The largest absolute Gasteiger partial charge is 0.290 e. The van der Waals surface area contributed by atoms with E-state index >= 15 is 0 Å². The van der Waals surface area contributed by atoms with Crippen LogP contribution in [0.1, 0.15) is 12.5 Å². The Hall–Kier alpha value is -0.340. The summed E-state index contributed by atoms with van der Waals surface area (Å²) in [5, 5.41) is 1.08. The fourth-order valence-corrected chi connectivity index (χ4v) is 2.09. The van der Waals surface area contributed by atoms with Gasteiger partial charge in [0.15, 0.2) is 0 Å². The molecule has 1 saturated heterocycles. The summed E-state index contributed by atoms with van der Waals surface area (Å²) in [4.78, 5) is 2.48. The van der Waals surface area contributed by atoms with Crippen LogP contribution in [0.25, 0.3) is 0 Å². The Morgan fingerprint density at radius 3 is 2.62 bits per heavy atom. The standard InChI is InChI=1S/C11H14BrN/c1-11(8-12)9-13(11)7-10-5-3-2-4-6-10/h2-6H,7-9H2,1H3. The maximum Gasteiger partial charge on any atom is 0.0409 e. The van der Waals surface area contributed by atoms with E-state index in [-0.39, 0.29) is 0 Å². The average molecular weight is 240 g/mol. The van der Waals surface area contributed by atoms with Crippen molar-refractivity contribution >= 4 is 15.9 Å². The van der Waals surface area contributed by atoms with Gasteiger partial charge in [-0.2, -0.15) is 0 Å². The van der Waals surface area contributed by atoms with Crippen molar-refractivity contribution in [2.24, 2.45) is 0 Å². The third kappa shape index (κ3) is 1.94. The Bertz CT molecular complexity index is 285. The molecule has 0 amide bonds. The van der Waals surface area contributed by atoms with E-state index in [1.807, 2.05) is 0 Å². The number of hydrogen-bond donors (Lipinski definition) is 0. The molecule has 0 aromatic heterocycles. The van der Waals surface area contributed by atoms with E-state index in [1.54, 1.807) is 0 Å². The summed E-state index contributed by atoms with van der Waals surface area (Å²) in [6.45, 7) is 4.60. The lowest BCUT2D eigenvalue weighted by molar-refractivity contribution is 0.447. The van der Waals surface area contributed by atoms with E-state index in [9.17, 15) is 0 Å².